The zero-order valence-electron chi connectivity index (χ0n) is 15.5. The van der Waals surface area contributed by atoms with E-state index in [1.165, 1.54) is 18.2 Å². The number of nitrogens with one attached hydrogen (secondary N) is 1. The molecule has 0 aromatic heterocycles. The smallest absolute Gasteiger partial charge is 0.339 e. The third-order valence-corrected chi connectivity index (χ3v) is 5.11. The Labute approximate surface area is 161 Å². The van der Waals surface area contributed by atoms with Gasteiger partial charge in [0, 0.05) is 13.1 Å². The van der Waals surface area contributed by atoms with Gasteiger partial charge in [-0.25, -0.2) is 4.39 Å². The molecule has 0 radical (unpaired) electrons. The van der Waals surface area contributed by atoms with Crippen molar-refractivity contribution in [2.24, 2.45) is 5.92 Å². The first-order valence-corrected chi connectivity index (χ1v) is 9.20. The molecule has 0 spiro atoms. The van der Waals surface area contributed by atoms with Gasteiger partial charge in [-0.2, -0.15) is 13.2 Å². The van der Waals surface area contributed by atoms with Crippen molar-refractivity contribution >= 4 is 5.91 Å². The summed E-state index contributed by atoms with van der Waals surface area (Å²) in [6.07, 6.45) is -2.82. The van der Waals surface area contributed by atoms with Crippen LogP contribution in [0.4, 0.5) is 17.6 Å². The monoisotopic (exact) mass is 394 g/mol. The lowest BCUT2D eigenvalue weighted by molar-refractivity contribution is -0.137. The van der Waals surface area contributed by atoms with Crippen LogP contribution in [-0.4, -0.2) is 37.5 Å². The van der Waals surface area contributed by atoms with Crippen molar-refractivity contribution < 1.29 is 22.4 Å². The van der Waals surface area contributed by atoms with Gasteiger partial charge >= 0.3 is 6.18 Å². The largest absolute Gasteiger partial charge is 0.416 e. The van der Waals surface area contributed by atoms with E-state index < -0.39 is 17.6 Å². The Kier molecular flexibility index (Phi) is 6.03. The van der Waals surface area contributed by atoms with Crippen molar-refractivity contribution in [1.29, 1.82) is 0 Å². The second kappa shape index (κ2) is 8.31. The van der Waals surface area contributed by atoms with Crippen molar-refractivity contribution in [3.63, 3.8) is 0 Å². The average molecular weight is 394 g/mol. The SMILES string of the molecule is CNCC1CCN(C(=O)c2cc(F)ccc2-c2cccc(C(F)(F)F)c2)CC1. The molecule has 1 amide bonds. The highest BCUT2D eigenvalue weighted by Crippen LogP contribution is 2.34. The summed E-state index contributed by atoms with van der Waals surface area (Å²) in [5.74, 6) is -0.469. The number of hydrogen-bond donors (Lipinski definition) is 1. The van der Waals surface area contributed by atoms with Gasteiger partial charge in [0.05, 0.1) is 11.1 Å². The van der Waals surface area contributed by atoms with E-state index in [4.69, 9.17) is 0 Å². The summed E-state index contributed by atoms with van der Waals surface area (Å²) < 4.78 is 53.0. The van der Waals surface area contributed by atoms with Crippen LogP contribution in [0.1, 0.15) is 28.8 Å². The molecule has 1 heterocycles. The number of carbonyl (C=O) groups excluding carboxylic acids is 1. The highest BCUT2D eigenvalue weighted by molar-refractivity contribution is 6.01. The molecule has 2 aromatic rings. The second-order valence-electron chi connectivity index (χ2n) is 7.06. The van der Waals surface area contributed by atoms with E-state index in [1.807, 2.05) is 7.05 Å². The fourth-order valence-electron chi connectivity index (χ4n) is 3.61. The molecular weight excluding hydrogens is 372 g/mol. The van der Waals surface area contributed by atoms with E-state index in [-0.39, 0.29) is 17.0 Å². The zero-order chi connectivity index (χ0) is 20.3. The number of nitrogens with zero attached hydrogens (tertiary/aromatic N) is 1. The molecule has 150 valence electrons. The van der Waals surface area contributed by atoms with Crippen LogP contribution < -0.4 is 5.32 Å². The molecule has 3 nitrogen and oxygen atoms in total. The van der Waals surface area contributed by atoms with Crippen LogP contribution in [0, 0.1) is 11.7 Å². The molecular formula is C21H22F4N2O. The number of halogens is 4. The molecule has 1 aliphatic heterocycles. The minimum atomic E-state index is -4.49. The highest BCUT2D eigenvalue weighted by Gasteiger charge is 2.31. The maximum absolute atomic E-state index is 13.9. The van der Waals surface area contributed by atoms with Crippen LogP contribution >= 0.6 is 0 Å². The number of benzene rings is 2. The lowest BCUT2D eigenvalue weighted by atomic mass is 9.94. The Morgan fingerprint density at radius 2 is 1.86 bits per heavy atom. The quantitative estimate of drug-likeness (QED) is 0.770. The minimum Gasteiger partial charge on any atom is -0.339 e. The summed E-state index contributed by atoms with van der Waals surface area (Å²) in [4.78, 5) is 14.7. The molecule has 0 atom stereocenters. The van der Waals surface area contributed by atoms with E-state index in [0.717, 1.165) is 43.7 Å². The van der Waals surface area contributed by atoms with Gasteiger partial charge in [0.2, 0.25) is 0 Å². The number of likely N-dealkylation sites (tertiary alicyclic amines) is 1. The fourth-order valence-corrected chi connectivity index (χ4v) is 3.61. The van der Waals surface area contributed by atoms with E-state index in [2.05, 4.69) is 5.32 Å². The van der Waals surface area contributed by atoms with Gasteiger partial charge in [-0.05, 0) is 67.7 Å². The van der Waals surface area contributed by atoms with E-state index >= 15 is 0 Å². The number of rotatable bonds is 4. The van der Waals surface area contributed by atoms with Gasteiger partial charge in [-0.1, -0.05) is 18.2 Å². The molecule has 1 fully saturated rings. The van der Waals surface area contributed by atoms with Gasteiger partial charge in [-0.15, -0.1) is 0 Å². The molecule has 7 heteroatoms. The van der Waals surface area contributed by atoms with E-state index in [0.29, 0.717) is 24.6 Å². The predicted octanol–water partition coefficient (Wildman–Crippen LogP) is 4.58. The van der Waals surface area contributed by atoms with Crippen LogP contribution in [0.5, 0.6) is 0 Å². The zero-order valence-corrected chi connectivity index (χ0v) is 15.5. The van der Waals surface area contributed by atoms with Gasteiger partial charge in [0.25, 0.3) is 5.91 Å². The van der Waals surface area contributed by atoms with Crippen molar-refractivity contribution in [3.05, 3.63) is 59.4 Å². The number of alkyl halides is 3. The Bertz CT molecular complexity index is 843. The number of amides is 1. The van der Waals surface area contributed by atoms with E-state index in [1.54, 1.807) is 4.90 Å². The minimum absolute atomic E-state index is 0.0893. The Morgan fingerprint density at radius 1 is 1.14 bits per heavy atom. The molecule has 0 unspecified atom stereocenters. The standard InChI is InChI=1S/C21H22F4N2O/c1-26-13-14-7-9-27(10-8-14)20(28)19-12-17(22)5-6-18(19)15-3-2-4-16(11-15)21(23,24)25/h2-6,11-12,14,26H,7-10,13H2,1H3. The predicted molar refractivity (Wildman–Crippen MR) is 99.4 cm³/mol. The molecule has 0 bridgehead atoms. The first kappa shape index (κ1) is 20.3. The summed E-state index contributed by atoms with van der Waals surface area (Å²) >= 11 is 0. The molecule has 3 rings (SSSR count). The van der Waals surface area contributed by atoms with Crippen LogP contribution in [0.3, 0.4) is 0 Å². The molecule has 28 heavy (non-hydrogen) atoms. The van der Waals surface area contributed by atoms with Crippen molar-refractivity contribution in [2.75, 3.05) is 26.7 Å². The van der Waals surface area contributed by atoms with Crippen LogP contribution in [0.15, 0.2) is 42.5 Å². The third kappa shape index (κ3) is 4.52. The first-order valence-electron chi connectivity index (χ1n) is 9.20. The normalized spacial score (nSPS) is 15.7. The van der Waals surface area contributed by atoms with Gasteiger partial charge in [0.1, 0.15) is 5.82 Å². The molecule has 0 saturated carbocycles. The maximum Gasteiger partial charge on any atom is 0.416 e. The van der Waals surface area contributed by atoms with Crippen LogP contribution in [0.2, 0.25) is 0 Å². The number of hydrogen-bond acceptors (Lipinski definition) is 2. The van der Waals surface area contributed by atoms with Crippen molar-refractivity contribution in [1.82, 2.24) is 10.2 Å². The fraction of sp³-hybridized carbons (Fsp3) is 0.381. The molecule has 1 N–H and O–H groups in total. The van der Waals surface area contributed by atoms with Gasteiger partial charge in [0.15, 0.2) is 0 Å². The van der Waals surface area contributed by atoms with Crippen molar-refractivity contribution in [2.45, 2.75) is 19.0 Å². The van der Waals surface area contributed by atoms with E-state index in [9.17, 15) is 22.4 Å². The second-order valence-corrected chi connectivity index (χ2v) is 7.06. The maximum atomic E-state index is 13.9. The molecule has 0 aliphatic carbocycles. The summed E-state index contributed by atoms with van der Waals surface area (Å²) in [7, 11) is 1.88. The Morgan fingerprint density at radius 3 is 2.50 bits per heavy atom. The lowest BCUT2D eigenvalue weighted by Gasteiger charge is -2.32. The van der Waals surface area contributed by atoms with Crippen LogP contribution in [0.25, 0.3) is 11.1 Å². The molecule has 2 aromatic carbocycles. The Hall–Kier alpha value is -2.41. The summed E-state index contributed by atoms with van der Waals surface area (Å²) in [5, 5.41) is 3.12. The van der Waals surface area contributed by atoms with Gasteiger partial charge in [-0.3, -0.25) is 4.79 Å². The first-order chi connectivity index (χ1) is 13.3. The topological polar surface area (TPSA) is 32.3 Å². The summed E-state index contributed by atoms with van der Waals surface area (Å²) in [6, 6.07) is 8.39. The third-order valence-electron chi connectivity index (χ3n) is 5.11. The molecule has 1 aliphatic rings. The highest BCUT2D eigenvalue weighted by atomic mass is 19.4. The summed E-state index contributed by atoms with van der Waals surface area (Å²) in [5.41, 5.74) is -0.176. The van der Waals surface area contributed by atoms with Gasteiger partial charge < -0.3 is 10.2 Å². The number of carbonyl (C=O) groups is 1. The Balaban J connectivity index is 1.91. The summed E-state index contributed by atoms with van der Waals surface area (Å²) in [6.45, 7) is 1.96. The average Bonchev–Trinajstić information content (AvgIpc) is 2.68. The van der Waals surface area contributed by atoms with Crippen molar-refractivity contribution in [3.8, 4) is 11.1 Å². The number of piperidine rings is 1. The van der Waals surface area contributed by atoms with Crippen LogP contribution in [-0.2, 0) is 6.18 Å². The molecule has 1 saturated heterocycles. The lowest BCUT2D eigenvalue weighted by Crippen LogP contribution is -2.40.